The standard InChI is InChI=1S/C11H10N2O/c12-6-7-1-4-11(13)10-5-8(14)2-3-9(7)10/h1,4H,2-3,5,13H2. The van der Waals surface area contributed by atoms with Crippen LogP contribution in [0.4, 0.5) is 5.69 Å². The molecule has 0 unspecified atom stereocenters. The molecule has 0 aromatic heterocycles. The van der Waals surface area contributed by atoms with Crippen molar-refractivity contribution in [3.63, 3.8) is 0 Å². The molecule has 3 nitrogen and oxygen atoms in total. The smallest absolute Gasteiger partial charge is 0.137 e. The van der Waals surface area contributed by atoms with Crippen molar-refractivity contribution in [3.05, 3.63) is 28.8 Å². The van der Waals surface area contributed by atoms with Crippen molar-refractivity contribution >= 4 is 11.5 Å². The molecule has 0 amide bonds. The van der Waals surface area contributed by atoms with Gasteiger partial charge in [0.25, 0.3) is 0 Å². The Morgan fingerprint density at radius 3 is 2.79 bits per heavy atom. The third-order valence-electron chi connectivity index (χ3n) is 2.62. The van der Waals surface area contributed by atoms with E-state index in [-0.39, 0.29) is 5.78 Å². The number of nitriles is 1. The Balaban J connectivity index is 2.61. The molecular formula is C11H10N2O. The van der Waals surface area contributed by atoms with E-state index in [4.69, 9.17) is 11.0 Å². The molecule has 0 saturated heterocycles. The van der Waals surface area contributed by atoms with E-state index in [2.05, 4.69) is 6.07 Å². The third-order valence-corrected chi connectivity index (χ3v) is 2.62. The summed E-state index contributed by atoms with van der Waals surface area (Å²) in [4.78, 5) is 11.2. The van der Waals surface area contributed by atoms with Crippen LogP contribution in [0.25, 0.3) is 0 Å². The summed E-state index contributed by atoms with van der Waals surface area (Å²) in [5.74, 6) is 0.208. The van der Waals surface area contributed by atoms with Crippen molar-refractivity contribution in [2.75, 3.05) is 5.73 Å². The van der Waals surface area contributed by atoms with Gasteiger partial charge >= 0.3 is 0 Å². The van der Waals surface area contributed by atoms with Crippen molar-refractivity contribution in [3.8, 4) is 6.07 Å². The van der Waals surface area contributed by atoms with Crippen LogP contribution in [0.1, 0.15) is 23.1 Å². The fourth-order valence-electron chi connectivity index (χ4n) is 1.86. The van der Waals surface area contributed by atoms with Crippen molar-refractivity contribution in [2.45, 2.75) is 19.3 Å². The molecule has 0 bridgehead atoms. The lowest BCUT2D eigenvalue weighted by Crippen LogP contribution is -2.16. The summed E-state index contributed by atoms with van der Waals surface area (Å²) < 4.78 is 0. The average Bonchev–Trinajstić information content (AvgIpc) is 2.19. The molecule has 1 aromatic carbocycles. The third kappa shape index (κ3) is 1.25. The van der Waals surface area contributed by atoms with E-state index in [1.54, 1.807) is 12.1 Å². The van der Waals surface area contributed by atoms with Gasteiger partial charge in [0.1, 0.15) is 5.78 Å². The second kappa shape index (κ2) is 3.15. The van der Waals surface area contributed by atoms with E-state index in [0.29, 0.717) is 30.5 Å². The molecular weight excluding hydrogens is 176 g/mol. The molecule has 0 aliphatic heterocycles. The lowest BCUT2D eigenvalue weighted by Gasteiger charge is -2.17. The summed E-state index contributed by atoms with van der Waals surface area (Å²) in [7, 11) is 0. The summed E-state index contributed by atoms with van der Waals surface area (Å²) in [6, 6.07) is 5.56. The fourth-order valence-corrected chi connectivity index (χ4v) is 1.86. The molecule has 1 aliphatic carbocycles. The molecule has 1 aliphatic rings. The molecule has 2 N–H and O–H groups in total. The van der Waals surface area contributed by atoms with Crippen LogP contribution in [0.5, 0.6) is 0 Å². The second-order valence-corrected chi connectivity index (χ2v) is 3.49. The molecule has 2 rings (SSSR count). The van der Waals surface area contributed by atoms with Crippen molar-refractivity contribution < 1.29 is 4.79 Å². The minimum absolute atomic E-state index is 0.208. The minimum atomic E-state index is 0.208. The van der Waals surface area contributed by atoms with E-state index in [1.165, 1.54) is 0 Å². The number of nitrogen functional groups attached to an aromatic ring is 1. The molecule has 0 spiro atoms. The largest absolute Gasteiger partial charge is 0.398 e. The number of ketones is 1. The van der Waals surface area contributed by atoms with Crippen LogP contribution >= 0.6 is 0 Å². The van der Waals surface area contributed by atoms with Crippen molar-refractivity contribution in [2.24, 2.45) is 0 Å². The zero-order valence-corrected chi connectivity index (χ0v) is 7.71. The lowest BCUT2D eigenvalue weighted by atomic mass is 9.87. The van der Waals surface area contributed by atoms with Gasteiger partial charge in [0.2, 0.25) is 0 Å². The second-order valence-electron chi connectivity index (χ2n) is 3.49. The topological polar surface area (TPSA) is 66.9 Å². The van der Waals surface area contributed by atoms with Gasteiger partial charge in [-0.25, -0.2) is 0 Å². The maximum Gasteiger partial charge on any atom is 0.137 e. The number of Topliss-reactive ketones (excluding diaryl/α,β-unsaturated/α-hetero) is 1. The highest BCUT2D eigenvalue weighted by Gasteiger charge is 2.20. The van der Waals surface area contributed by atoms with Gasteiger partial charge in [0.15, 0.2) is 0 Å². The van der Waals surface area contributed by atoms with E-state index >= 15 is 0 Å². The SMILES string of the molecule is N#Cc1ccc(N)c2c1CCC(=O)C2. The number of fused-ring (bicyclic) bond motifs is 1. The maximum absolute atomic E-state index is 11.2. The van der Waals surface area contributed by atoms with E-state index in [9.17, 15) is 4.79 Å². The number of rotatable bonds is 0. The minimum Gasteiger partial charge on any atom is -0.398 e. The highest BCUT2D eigenvalue weighted by molar-refractivity contribution is 5.85. The van der Waals surface area contributed by atoms with Crippen LogP contribution in [0.2, 0.25) is 0 Å². The molecule has 0 fully saturated rings. The molecule has 3 heteroatoms. The number of hydrogen-bond donors (Lipinski definition) is 1. The Labute approximate surface area is 82.1 Å². The number of carbonyl (C=O) groups excluding carboxylic acids is 1. The van der Waals surface area contributed by atoms with Gasteiger partial charge in [-0.3, -0.25) is 4.79 Å². The monoisotopic (exact) mass is 186 g/mol. The summed E-state index contributed by atoms with van der Waals surface area (Å²) in [5.41, 5.74) is 8.88. The lowest BCUT2D eigenvalue weighted by molar-refractivity contribution is -0.118. The zero-order valence-electron chi connectivity index (χ0n) is 7.71. The maximum atomic E-state index is 11.2. The molecule has 1 aromatic rings. The first-order valence-corrected chi connectivity index (χ1v) is 4.54. The normalized spacial score (nSPS) is 14.6. The molecule has 0 atom stereocenters. The molecule has 0 radical (unpaired) electrons. The summed E-state index contributed by atoms with van der Waals surface area (Å²) in [6.45, 7) is 0. The van der Waals surface area contributed by atoms with Gasteiger partial charge in [0, 0.05) is 18.5 Å². The first-order chi connectivity index (χ1) is 6.72. The first kappa shape index (κ1) is 8.76. The number of nitrogens with zero attached hydrogens (tertiary/aromatic N) is 1. The van der Waals surface area contributed by atoms with Crippen LogP contribution < -0.4 is 5.73 Å². The summed E-state index contributed by atoms with van der Waals surface area (Å²) in [6.07, 6.45) is 1.57. The Morgan fingerprint density at radius 2 is 2.07 bits per heavy atom. The number of benzene rings is 1. The Bertz CT molecular complexity index is 443. The van der Waals surface area contributed by atoms with E-state index < -0.39 is 0 Å². The predicted octanol–water partition coefficient (Wildman–Crippen LogP) is 1.20. The summed E-state index contributed by atoms with van der Waals surface area (Å²) in [5, 5.41) is 8.87. The number of nitrogens with two attached hydrogens (primary N) is 1. The fraction of sp³-hybridized carbons (Fsp3) is 0.273. The van der Waals surface area contributed by atoms with E-state index in [1.807, 2.05) is 0 Å². The van der Waals surface area contributed by atoms with Gasteiger partial charge in [0.05, 0.1) is 11.6 Å². The van der Waals surface area contributed by atoms with E-state index in [0.717, 1.165) is 11.1 Å². The molecule has 0 heterocycles. The van der Waals surface area contributed by atoms with Crippen LogP contribution in [0, 0.1) is 11.3 Å². The van der Waals surface area contributed by atoms with Crippen LogP contribution in [-0.4, -0.2) is 5.78 Å². The van der Waals surface area contributed by atoms with Crippen molar-refractivity contribution in [1.82, 2.24) is 0 Å². The van der Waals surface area contributed by atoms with Gasteiger partial charge in [-0.15, -0.1) is 0 Å². The summed E-state index contributed by atoms with van der Waals surface area (Å²) >= 11 is 0. The number of hydrogen-bond acceptors (Lipinski definition) is 3. The highest BCUT2D eigenvalue weighted by atomic mass is 16.1. The van der Waals surface area contributed by atoms with Gasteiger partial charge in [-0.05, 0) is 29.7 Å². The number of anilines is 1. The quantitative estimate of drug-likeness (QED) is 0.619. The zero-order chi connectivity index (χ0) is 10.1. The van der Waals surface area contributed by atoms with Crippen LogP contribution in [0.3, 0.4) is 0 Å². The van der Waals surface area contributed by atoms with Gasteiger partial charge in [-0.2, -0.15) is 5.26 Å². The first-order valence-electron chi connectivity index (χ1n) is 4.54. The van der Waals surface area contributed by atoms with Crippen molar-refractivity contribution in [1.29, 1.82) is 5.26 Å². The van der Waals surface area contributed by atoms with Crippen LogP contribution in [0.15, 0.2) is 12.1 Å². The molecule has 0 saturated carbocycles. The Morgan fingerprint density at radius 1 is 1.29 bits per heavy atom. The predicted molar refractivity (Wildman–Crippen MR) is 52.6 cm³/mol. The van der Waals surface area contributed by atoms with Crippen LogP contribution in [-0.2, 0) is 17.6 Å². The Hall–Kier alpha value is -1.82. The highest BCUT2D eigenvalue weighted by Crippen LogP contribution is 2.27. The Kier molecular flexibility index (Phi) is 1.97. The average molecular weight is 186 g/mol. The van der Waals surface area contributed by atoms with Gasteiger partial charge in [-0.1, -0.05) is 0 Å². The molecule has 14 heavy (non-hydrogen) atoms. The van der Waals surface area contributed by atoms with Gasteiger partial charge < -0.3 is 5.73 Å². The molecule has 70 valence electrons. The number of carbonyl (C=O) groups is 1.